The van der Waals surface area contributed by atoms with Gasteiger partial charge in [-0.3, -0.25) is 0 Å². The van der Waals surface area contributed by atoms with Crippen LogP contribution in [0.1, 0.15) is 221 Å². The number of nitrogens with zero attached hydrogens (tertiary/aromatic N) is 1. The standard InChI is InChI=1S/C59H105NO6/c1-7-8-9-10-11-12-13-14-15-16-17-18-19-20-21-25-39-63-46-52(45-60-37-23-22-24-38-60)64-42-40-62-41-43-65-57(61)47-66-51-33-35-58(5)50(44-51)29-30-53-55-32-31-54(49(4)28-26-27-48(2)3)59(55,6)36-34-56(53)58/h14-15,29,48-49,51-56H,7-13,16-28,30-47H2,1-6H3/b15-14-/t49?,51?,52?,53?,54?,55-,56-,58-,59?/m0/s1. The predicted octanol–water partition coefficient (Wildman–Crippen LogP) is 14.9. The van der Waals surface area contributed by atoms with Crippen LogP contribution >= 0.6 is 0 Å². The van der Waals surface area contributed by atoms with Crippen molar-refractivity contribution in [2.24, 2.45) is 46.3 Å². The van der Waals surface area contributed by atoms with Crippen LogP contribution in [-0.2, 0) is 28.5 Å². The quantitative estimate of drug-likeness (QED) is 0.0356. The fourth-order valence-corrected chi connectivity index (χ4v) is 13.9. The maximum atomic E-state index is 12.7. The predicted molar refractivity (Wildman–Crippen MR) is 275 cm³/mol. The number of carbonyl (C=O) groups is 1. The van der Waals surface area contributed by atoms with Crippen LogP contribution in [0.2, 0.25) is 0 Å². The highest BCUT2D eigenvalue weighted by atomic mass is 16.6. The molecular formula is C59H105NO6. The lowest BCUT2D eigenvalue weighted by Crippen LogP contribution is -2.51. The Morgan fingerprint density at radius 2 is 1.45 bits per heavy atom. The lowest BCUT2D eigenvalue weighted by atomic mass is 9.47. The molecule has 4 fully saturated rings. The Hall–Kier alpha value is -1.25. The third kappa shape index (κ3) is 18.5. The number of hydrogen-bond acceptors (Lipinski definition) is 7. The lowest BCUT2D eigenvalue weighted by molar-refractivity contribution is -0.153. The van der Waals surface area contributed by atoms with Gasteiger partial charge in [0.25, 0.3) is 0 Å². The Bertz CT molecular complexity index is 1360. The molecule has 5 rings (SSSR count). The fraction of sp³-hybridized carbons (Fsp3) is 0.915. The van der Waals surface area contributed by atoms with Crippen LogP contribution < -0.4 is 0 Å². The number of carbonyl (C=O) groups excluding carboxylic acids is 1. The highest BCUT2D eigenvalue weighted by Gasteiger charge is 2.59. The largest absolute Gasteiger partial charge is 0.462 e. The Morgan fingerprint density at radius 1 is 0.742 bits per heavy atom. The van der Waals surface area contributed by atoms with Gasteiger partial charge in [-0.05, 0) is 156 Å². The fourth-order valence-electron chi connectivity index (χ4n) is 13.9. The molecule has 0 aromatic heterocycles. The number of ether oxygens (including phenoxy) is 5. The van der Waals surface area contributed by atoms with Crippen LogP contribution in [0.5, 0.6) is 0 Å². The Labute approximate surface area is 407 Å². The van der Waals surface area contributed by atoms with Crippen LogP contribution in [0.4, 0.5) is 0 Å². The number of esters is 1. The van der Waals surface area contributed by atoms with Gasteiger partial charge in [-0.25, -0.2) is 4.79 Å². The van der Waals surface area contributed by atoms with E-state index in [9.17, 15) is 4.79 Å². The molecule has 0 spiro atoms. The van der Waals surface area contributed by atoms with Crippen molar-refractivity contribution in [2.45, 2.75) is 234 Å². The zero-order valence-corrected chi connectivity index (χ0v) is 44.1. The summed E-state index contributed by atoms with van der Waals surface area (Å²) in [4.78, 5) is 15.3. The monoisotopic (exact) mass is 924 g/mol. The topological polar surface area (TPSA) is 66.5 Å². The highest BCUT2D eigenvalue weighted by molar-refractivity contribution is 5.70. The first-order valence-electron chi connectivity index (χ1n) is 28.7. The first-order valence-corrected chi connectivity index (χ1v) is 28.7. The van der Waals surface area contributed by atoms with Gasteiger partial charge in [0, 0.05) is 13.2 Å². The van der Waals surface area contributed by atoms with Gasteiger partial charge < -0.3 is 28.6 Å². The van der Waals surface area contributed by atoms with Gasteiger partial charge in [-0.15, -0.1) is 0 Å². The smallest absolute Gasteiger partial charge is 0.332 e. The number of piperidine rings is 1. The van der Waals surface area contributed by atoms with Gasteiger partial charge in [-0.1, -0.05) is 149 Å². The zero-order chi connectivity index (χ0) is 46.9. The molecule has 7 nitrogen and oxygen atoms in total. The molecule has 66 heavy (non-hydrogen) atoms. The average Bonchev–Trinajstić information content (AvgIpc) is 3.67. The van der Waals surface area contributed by atoms with E-state index in [1.54, 1.807) is 5.57 Å². The van der Waals surface area contributed by atoms with E-state index in [2.05, 4.69) is 64.7 Å². The molecule has 9 atom stereocenters. The van der Waals surface area contributed by atoms with E-state index in [0.29, 0.717) is 31.8 Å². The van der Waals surface area contributed by atoms with Gasteiger partial charge in [-0.2, -0.15) is 0 Å². The van der Waals surface area contributed by atoms with Gasteiger partial charge in [0.1, 0.15) is 13.2 Å². The third-order valence-electron chi connectivity index (χ3n) is 17.8. The highest BCUT2D eigenvalue weighted by Crippen LogP contribution is 2.67. The maximum absolute atomic E-state index is 12.7. The van der Waals surface area contributed by atoms with Crippen molar-refractivity contribution in [2.75, 3.05) is 65.9 Å². The molecule has 0 bridgehead atoms. The second-order valence-corrected chi connectivity index (χ2v) is 23.2. The number of rotatable bonds is 35. The van der Waals surface area contributed by atoms with Crippen molar-refractivity contribution in [3.05, 3.63) is 23.8 Å². The van der Waals surface area contributed by atoms with Crippen molar-refractivity contribution in [3.8, 4) is 0 Å². The van der Waals surface area contributed by atoms with Crippen LogP contribution in [0.3, 0.4) is 0 Å². The van der Waals surface area contributed by atoms with Crippen molar-refractivity contribution >= 4 is 5.97 Å². The van der Waals surface area contributed by atoms with E-state index in [-0.39, 0.29) is 36.8 Å². The van der Waals surface area contributed by atoms with Crippen LogP contribution in [0.15, 0.2) is 23.8 Å². The summed E-state index contributed by atoms with van der Waals surface area (Å²) in [5, 5.41) is 0. The second kappa shape index (κ2) is 31.2. The van der Waals surface area contributed by atoms with Crippen molar-refractivity contribution in [1.82, 2.24) is 4.90 Å². The molecule has 7 heteroatoms. The number of hydrogen-bond donors (Lipinski definition) is 0. The van der Waals surface area contributed by atoms with E-state index in [1.807, 2.05) is 0 Å². The molecule has 0 aromatic carbocycles. The van der Waals surface area contributed by atoms with Crippen LogP contribution in [0, 0.1) is 46.3 Å². The summed E-state index contributed by atoms with van der Waals surface area (Å²) >= 11 is 0. The van der Waals surface area contributed by atoms with Gasteiger partial charge >= 0.3 is 5.97 Å². The SMILES string of the molecule is CCCCCCCC/C=C\CCCCCCCCOCC(CN1CCCCC1)OCCOCCOC(=O)COC1CC[C@@]2(C)C(=CCC3[C@@H]4CCC(C(C)CCCC(C)C)C4(C)CC[C@@H]32)C1. The summed E-state index contributed by atoms with van der Waals surface area (Å²) < 4.78 is 30.1. The van der Waals surface area contributed by atoms with Crippen molar-refractivity contribution in [1.29, 1.82) is 0 Å². The molecule has 3 saturated carbocycles. The molecule has 0 radical (unpaired) electrons. The zero-order valence-electron chi connectivity index (χ0n) is 44.1. The summed E-state index contributed by atoms with van der Waals surface area (Å²) in [7, 11) is 0. The van der Waals surface area contributed by atoms with Gasteiger partial charge in [0.05, 0.1) is 38.6 Å². The van der Waals surface area contributed by atoms with Crippen LogP contribution in [-0.4, -0.2) is 89.0 Å². The normalized spacial score (nSPS) is 28.8. The van der Waals surface area contributed by atoms with Gasteiger partial charge in [0.15, 0.2) is 0 Å². The van der Waals surface area contributed by atoms with E-state index >= 15 is 0 Å². The Kier molecular flexibility index (Phi) is 26.3. The maximum Gasteiger partial charge on any atom is 0.332 e. The second-order valence-electron chi connectivity index (χ2n) is 23.2. The molecule has 0 amide bonds. The first-order chi connectivity index (χ1) is 32.1. The van der Waals surface area contributed by atoms with Crippen LogP contribution in [0.25, 0.3) is 0 Å². The Balaban J connectivity index is 0.886. The minimum absolute atomic E-state index is 0.0242. The third-order valence-corrected chi connectivity index (χ3v) is 17.8. The van der Waals surface area contributed by atoms with Crippen molar-refractivity contribution in [3.63, 3.8) is 0 Å². The minimum Gasteiger partial charge on any atom is -0.462 e. The van der Waals surface area contributed by atoms with E-state index < -0.39 is 0 Å². The molecule has 4 aliphatic carbocycles. The molecule has 382 valence electrons. The Morgan fingerprint density at radius 3 is 2.20 bits per heavy atom. The molecule has 0 N–H and O–H groups in total. The number of unbranched alkanes of at least 4 members (excludes halogenated alkanes) is 12. The summed E-state index contributed by atoms with van der Waals surface area (Å²) in [5.74, 6) is 4.80. The molecule has 6 unspecified atom stereocenters. The van der Waals surface area contributed by atoms with Gasteiger partial charge in [0.2, 0.25) is 0 Å². The molecule has 1 aliphatic heterocycles. The lowest BCUT2D eigenvalue weighted by Gasteiger charge is -2.58. The molecule has 1 heterocycles. The number of fused-ring (bicyclic) bond motifs is 5. The summed E-state index contributed by atoms with van der Waals surface area (Å²) in [6, 6.07) is 0. The summed E-state index contributed by atoms with van der Waals surface area (Å²) in [6.45, 7) is 21.2. The molecule has 1 saturated heterocycles. The summed E-state index contributed by atoms with van der Waals surface area (Å²) in [5.41, 5.74) is 2.42. The number of allylic oxidation sites excluding steroid dienone is 3. The number of likely N-dealkylation sites (tertiary alicyclic amines) is 1. The van der Waals surface area contributed by atoms with E-state index in [1.165, 1.54) is 161 Å². The van der Waals surface area contributed by atoms with E-state index in [0.717, 1.165) is 81.0 Å². The van der Waals surface area contributed by atoms with E-state index in [4.69, 9.17) is 23.7 Å². The summed E-state index contributed by atoms with van der Waals surface area (Å²) in [6.07, 6.45) is 44.2. The molecule has 5 aliphatic rings. The minimum atomic E-state index is -0.290. The molecule has 0 aromatic rings. The average molecular weight is 924 g/mol. The van der Waals surface area contributed by atoms with Crippen molar-refractivity contribution < 1.29 is 28.5 Å². The molecular weight excluding hydrogens is 819 g/mol. The first kappa shape index (κ1) is 55.7.